The molecular formula is C24H34N2O3S. The number of amides is 1. The molecule has 1 aliphatic heterocycles. The summed E-state index contributed by atoms with van der Waals surface area (Å²) in [5.41, 5.74) is -0.368. The number of ether oxygens (including phenoxy) is 1. The summed E-state index contributed by atoms with van der Waals surface area (Å²) in [6.07, 6.45) is 11.1. The van der Waals surface area contributed by atoms with Gasteiger partial charge in [0.05, 0.1) is 6.07 Å². The largest absolute Gasteiger partial charge is 0.459 e. The van der Waals surface area contributed by atoms with Crippen LogP contribution in [-0.2, 0) is 14.3 Å². The Morgan fingerprint density at radius 1 is 1.20 bits per heavy atom. The first-order valence-corrected chi connectivity index (χ1v) is 13.2. The van der Waals surface area contributed by atoms with Crippen molar-refractivity contribution in [2.75, 3.05) is 12.0 Å². The minimum Gasteiger partial charge on any atom is -0.459 e. The Labute approximate surface area is 184 Å². The predicted molar refractivity (Wildman–Crippen MR) is 115 cm³/mol. The highest BCUT2D eigenvalue weighted by Gasteiger charge is 2.63. The molecule has 5 aliphatic carbocycles. The number of likely N-dealkylation sites (tertiary alicyclic amines) is 1. The van der Waals surface area contributed by atoms with E-state index in [1.807, 2.05) is 4.90 Å². The topological polar surface area (TPSA) is 70.4 Å². The lowest BCUT2D eigenvalue weighted by Gasteiger charge is -2.61. The van der Waals surface area contributed by atoms with Gasteiger partial charge in [0.25, 0.3) is 0 Å². The third-order valence-electron chi connectivity index (χ3n) is 8.82. The Morgan fingerprint density at radius 3 is 2.60 bits per heavy atom. The molecular weight excluding hydrogens is 396 g/mol. The summed E-state index contributed by atoms with van der Waals surface area (Å²) in [7, 11) is 0. The van der Waals surface area contributed by atoms with Crippen LogP contribution in [0.15, 0.2) is 0 Å². The van der Waals surface area contributed by atoms with E-state index in [1.165, 1.54) is 6.42 Å². The molecule has 0 aromatic rings. The van der Waals surface area contributed by atoms with Gasteiger partial charge in [0.1, 0.15) is 11.6 Å². The van der Waals surface area contributed by atoms with E-state index in [4.69, 9.17) is 4.74 Å². The summed E-state index contributed by atoms with van der Waals surface area (Å²) in [6.45, 7) is 2.21. The van der Waals surface area contributed by atoms with Gasteiger partial charge in [-0.05, 0) is 92.5 Å². The predicted octanol–water partition coefficient (Wildman–Crippen LogP) is 4.16. The molecule has 6 atom stereocenters. The monoisotopic (exact) mass is 430 g/mol. The van der Waals surface area contributed by atoms with E-state index in [-0.39, 0.29) is 28.9 Å². The second-order valence-corrected chi connectivity index (χ2v) is 12.1. The number of esters is 1. The minimum absolute atomic E-state index is 0.0308. The molecule has 6 fully saturated rings. The molecule has 0 aromatic heterocycles. The average Bonchev–Trinajstić information content (AvgIpc) is 3.10. The number of hydrogen-bond donors (Lipinski definition) is 0. The van der Waals surface area contributed by atoms with E-state index in [9.17, 15) is 14.9 Å². The van der Waals surface area contributed by atoms with Crippen LogP contribution in [0.1, 0.15) is 71.1 Å². The van der Waals surface area contributed by atoms with Gasteiger partial charge < -0.3 is 9.64 Å². The van der Waals surface area contributed by atoms with Crippen LogP contribution in [0.4, 0.5) is 0 Å². The van der Waals surface area contributed by atoms with E-state index in [2.05, 4.69) is 19.2 Å². The molecule has 6 rings (SSSR count). The molecule has 5 nitrogen and oxygen atoms in total. The number of nitriles is 1. The zero-order chi connectivity index (χ0) is 21.1. The highest BCUT2D eigenvalue weighted by Crippen LogP contribution is 2.64. The first-order valence-electron chi connectivity index (χ1n) is 11.8. The van der Waals surface area contributed by atoms with Crippen LogP contribution in [0.2, 0.25) is 0 Å². The zero-order valence-corrected chi connectivity index (χ0v) is 19.1. The third kappa shape index (κ3) is 3.45. The van der Waals surface area contributed by atoms with E-state index in [1.54, 1.807) is 11.8 Å². The second kappa shape index (κ2) is 7.43. The Kier molecular flexibility index (Phi) is 5.12. The van der Waals surface area contributed by atoms with E-state index in [0.29, 0.717) is 42.6 Å². The van der Waals surface area contributed by atoms with Gasteiger partial charge in [-0.3, -0.25) is 9.59 Å². The van der Waals surface area contributed by atoms with Gasteiger partial charge in [0.15, 0.2) is 0 Å². The van der Waals surface area contributed by atoms with Crippen LogP contribution in [0.5, 0.6) is 0 Å². The molecule has 1 amide bonds. The Bertz CT molecular complexity index is 763. The van der Waals surface area contributed by atoms with Crippen molar-refractivity contribution in [1.82, 2.24) is 4.90 Å². The van der Waals surface area contributed by atoms with Gasteiger partial charge in [0.2, 0.25) is 5.91 Å². The van der Waals surface area contributed by atoms with Crippen molar-refractivity contribution >= 4 is 23.6 Å². The van der Waals surface area contributed by atoms with Gasteiger partial charge in [0, 0.05) is 18.9 Å². The lowest BCUT2D eigenvalue weighted by atomic mass is 9.47. The Hall–Kier alpha value is -1.22. The SMILES string of the molecule is CSCCCC(=O)OC12CC3CC(CC(CC(=O)N4C(C#N)CC5C(C)C54)(C3)C1)C2. The van der Waals surface area contributed by atoms with Gasteiger partial charge in [-0.25, -0.2) is 0 Å². The lowest BCUT2D eigenvalue weighted by Crippen LogP contribution is -2.58. The molecule has 5 saturated carbocycles. The van der Waals surface area contributed by atoms with Crippen molar-refractivity contribution in [3.05, 3.63) is 0 Å². The summed E-state index contributed by atoms with van der Waals surface area (Å²) in [6, 6.07) is 2.43. The van der Waals surface area contributed by atoms with Crippen LogP contribution in [0.25, 0.3) is 0 Å². The summed E-state index contributed by atoms with van der Waals surface area (Å²) < 4.78 is 6.19. The maximum atomic E-state index is 13.4. The molecule has 0 radical (unpaired) electrons. The number of hydrogen-bond acceptors (Lipinski definition) is 5. The maximum Gasteiger partial charge on any atom is 0.306 e. The molecule has 164 valence electrons. The highest BCUT2D eigenvalue weighted by molar-refractivity contribution is 7.98. The fraction of sp³-hybridized carbons (Fsp3) is 0.875. The first-order chi connectivity index (χ1) is 14.4. The molecule has 1 heterocycles. The Morgan fingerprint density at radius 2 is 1.93 bits per heavy atom. The highest BCUT2D eigenvalue weighted by atomic mass is 32.2. The number of carbonyl (C=O) groups is 2. The fourth-order valence-electron chi connectivity index (χ4n) is 8.13. The Balaban J connectivity index is 1.29. The van der Waals surface area contributed by atoms with Crippen LogP contribution in [0, 0.1) is 40.4 Å². The number of fused-ring (bicyclic) bond motifs is 1. The molecule has 30 heavy (non-hydrogen) atoms. The van der Waals surface area contributed by atoms with Crippen molar-refractivity contribution in [2.45, 2.75) is 88.8 Å². The number of carbonyl (C=O) groups excluding carboxylic acids is 2. The van der Waals surface area contributed by atoms with E-state index < -0.39 is 0 Å². The first kappa shape index (κ1) is 20.7. The zero-order valence-electron chi connectivity index (χ0n) is 18.3. The van der Waals surface area contributed by atoms with Crippen LogP contribution < -0.4 is 0 Å². The van der Waals surface area contributed by atoms with Gasteiger partial charge in [-0.1, -0.05) is 6.92 Å². The summed E-state index contributed by atoms with van der Waals surface area (Å²) >= 11 is 1.76. The van der Waals surface area contributed by atoms with Gasteiger partial charge in [-0.15, -0.1) is 0 Å². The smallest absolute Gasteiger partial charge is 0.306 e. The number of rotatable bonds is 7. The van der Waals surface area contributed by atoms with E-state index in [0.717, 1.165) is 50.7 Å². The van der Waals surface area contributed by atoms with Crippen molar-refractivity contribution in [3.63, 3.8) is 0 Å². The molecule has 0 spiro atoms. The second-order valence-electron chi connectivity index (χ2n) is 11.1. The third-order valence-corrected chi connectivity index (χ3v) is 9.51. The quantitative estimate of drug-likeness (QED) is 0.448. The summed E-state index contributed by atoms with van der Waals surface area (Å²) in [5, 5.41) is 9.57. The normalized spacial score (nSPS) is 45.2. The van der Waals surface area contributed by atoms with Crippen LogP contribution in [-0.4, -0.2) is 46.5 Å². The van der Waals surface area contributed by atoms with Gasteiger partial charge >= 0.3 is 5.97 Å². The lowest BCUT2D eigenvalue weighted by molar-refractivity contribution is -0.203. The maximum absolute atomic E-state index is 13.4. The van der Waals surface area contributed by atoms with Crippen molar-refractivity contribution in [2.24, 2.45) is 29.1 Å². The number of thioether (sulfide) groups is 1. The molecule has 0 N–H and O–H groups in total. The van der Waals surface area contributed by atoms with E-state index >= 15 is 0 Å². The molecule has 4 bridgehead atoms. The van der Waals surface area contributed by atoms with Crippen molar-refractivity contribution in [1.29, 1.82) is 5.26 Å². The fourth-order valence-corrected chi connectivity index (χ4v) is 8.56. The van der Waals surface area contributed by atoms with Gasteiger partial charge in [-0.2, -0.15) is 17.0 Å². The molecule has 6 heteroatoms. The molecule has 0 aromatic carbocycles. The average molecular weight is 431 g/mol. The molecule has 6 aliphatic rings. The number of nitrogens with zero attached hydrogens (tertiary/aromatic N) is 2. The standard InChI is InChI=1S/C24H34N2O3S/c1-15-19-7-18(13-25)26(22(15)19)20(27)12-23-8-16-6-17(9-23)11-24(10-16,14-23)29-21(28)4-3-5-30-2/h15-19,22H,3-12,14H2,1-2H3. The van der Waals surface area contributed by atoms with Crippen molar-refractivity contribution in [3.8, 4) is 6.07 Å². The number of piperidine rings is 1. The van der Waals surface area contributed by atoms with Crippen molar-refractivity contribution < 1.29 is 14.3 Å². The minimum atomic E-state index is -0.337. The molecule has 6 unspecified atom stereocenters. The van der Waals surface area contributed by atoms with Crippen LogP contribution >= 0.6 is 11.8 Å². The van der Waals surface area contributed by atoms with Crippen LogP contribution in [0.3, 0.4) is 0 Å². The summed E-state index contributed by atoms with van der Waals surface area (Å²) in [5.74, 6) is 3.36. The molecule has 1 saturated heterocycles. The summed E-state index contributed by atoms with van der Waals surface area (Å²) in [4.78, 5) is 27.9.